The average molecular weight is 472 g/mol. The quantitative estimate of drug-likeness (QED) is 0.381. The molecule has 0 saturated carbocycles. The number of alkyl halides is 3. The van der Waals surface area contributed by atoms with Crippen molar-refractivity contribution in [3.8, 4) is 11.3 Å². The van der Waals surface area contributed by atoms with E-state index in [-0.39, 0.29) is 6.54 Å². The van der Waals surface area contributed by atoms with Gasteiger partial charge in [0.1, 0.15) is 5.03 Å². The third-order valence-electron chi connectivity index (χ3n) is 4.92. The predicted octanol–water partition coefficient (Wildman–Crippen LogP) is 5.32. The van der Waals surface area contributed by atoms with Crippen LogP contribution in [-0.4, -0.2) is 33.2 Å². The number of amides is 1. The maximum Gasteiger partial charge on any atom is 0.390 e. The van der Waals surface area contributed by atoms with Gasteiger partial charge < -0.3 is 11.1 Å². The Morgan fingerprint density at radius 3 is 2.58 bits per heavy atom. The number of nitrogens with one attached hydrogen (secondary N) is 1. The number of anilines is 1. The van der Waals surface area contributed by atoms with E-state index in [1.54, 1.807) is 41.9 Å². The molecule has 2 heterocycles. The number of benzene rings is 2. The number of hydrogen-bond acceptors (Lipinski definition) is 5. The first kappa shape index (κ1) is 22.7. The number of aryl methyl sites for hydroxylation is 1. The second-order valence-electron chi connectivity index (χ2n) is 7.38. The van der Waals surface area contributed by atoms with Crippen LogP contribution in [0.4, 0.5) is 18.9 Å². The van der Waals surface area contributed by atoms with Gasteiger partial charge in [0.05, 0.1) is 24.0 Å². The fraction of sp³-hybridized carbons (Fsp3) is 0.174. The van der Waals surface area contributed by atoms with E-state index >= 15 is 0 Å². The molecule has 0 spiro atoms. The average Bonchev–Trinajstić information content (AvgIpc) is 3.17. The molecular weight excluding hydrogens is 451 g/mol. The van der Waals surface area contributed by atoms with Crippen molar-refractivity contribution in [2.75, 3.05) is 11.9 Å². The topological polar surface area (TPSA) is 85.3 Å². The van der Waals surface area contributed by atoms with Crippen LogP contribution < -0.4 is 11.1 Å². The van der Waals surface area contributed by atoms with E-state index in [0.29, 0.717) is 33.2 Å². The lowest BCUT2D eigenvalue weighted by molar-refractivity contribution is -0.131. The maximum absolute atomic E-state index is 12.7. The van der Waals surface area contributed by atoms with Crippen LogP contribution in [0, 0.1) is 6.92 Å². The van der Waals surface area contributed by atoms with Crippen molar-refractivity contribution in [3.05, 3.63) is 71.9 Å². The summed E-state index contributed by atoms with van der Waals surface area (Å²) >= 11 is 1.39. The lowest BCUT2D eigenvalue weighted by Gasteiger charge is -2.12. The van der Waals surface area contributed by atoms with Crippen LogP contribution in [-0.2, 0) is 0 Å². The molecule has 2 aromatic carbocycles. The van der Waals surface area contributed by atoms with Crippen LogP contribution in [0.1, 0.15) is 22.3 Å². The standard InChI is InChI=1S/C23H20F3N5OS/c1-14-11-15(7-8-17(14)21(27)32)19-13-29-22-18(28-10-9-23(24,25)26)12-20(30-31(19)22)33-16-5-3-2-4-6-16/h2-8,11-13,28H,9-10H2,1H3,(H2,27,32). The number of aromatic nitrogens is 3. The Kier molecular flexibility index (Phi) is 6.28. The van der Waals surface area contributed by atoms with Gasteiger partial charge in [-0.2, -0.15) is 18.3 Å². The van der Waals surface area contributed by atoms with Crippen LogP contribution in [0.5, 0.6) is 0 Å². The van der Waals surface area contributed by atoms with Gasteiger partial charge in [0.15, 0.2) is 5.65 Å². The van der Waals surface area contributed by atoms with Crippen LogP contribution in [0.15, 0.2) is 70.7 Å². The van der Waals surface area contributed by atoms with Gasteiger partial charge in [0.25, 0.3) is 0 Å². The molecule has 10 heteroatoms. The third kappa shape index (κ3) is 5.28. The highest BCUT2D eigenvalue weighted by molar-refractivity contribution is 7.99. The molecular formula is C23H20F3N5OS. The highest BCUT2D eigenvalue weighted by Gasteiger charge is 2.26. The molecule has 6 nitrogen and oxygen atoms in total. The number of fused-ring (bicyclic) bond motifs is 1. The molecule has 0 radical (unpaired) electrons. The lowest BCUT2D eigenvalue weighted by Crippen LogP contribution is -2.15. The number of nitrogens with two attached hydrogens (primary N) is 1. The van der Waals surface area contributed by atoms with E-state index in [0.717, 1.165) is 10.5 Å². The number of rotatable bonds is 7. The van der Waals surface area contributed by atoms with Gasteiger partial charge in [-0.1, -0.05) is 36.0 Å². The molecule has 4 rings (SSSR count). The molecule has 3 N–H and O–H groups in total. The Morgan fingerprint density at radius 2 is 1.91 bits per heavy atom. The number of halogens is 3. The lowest BCUT2D eigenvalue weighted by atomic mass is 10.0. The number of hydrogen-bond donors (Lipinski definition) is 2. The molecule has 0 saturated heterocycles. The van der Waals surface area contributed by atoms with Gasteiger partial charge in [-0.3, -0.25) is 4.79 Å². The minimum Gasteiger partial charge on any atom is -0.382 e. The van der Waals surface area contributed by atoms with Crippen LogP contribution in [0.25, 0.3) is 16.9 Å². The number of imidazole rings is 1. The number of nitrogens with zero attached hydrogens (tertiary/aromatic N) is 3. The summed E-state index contributed by atoms with van der Waals surface area (Å²) in [5.74, 6) is -0.520. The second-order valence-corrected chi connectivity index (χ2v) is 8.47. The maximum atomic E-state index is 12.7. The van der Waals surface area contributed by atoms with E-state index in [1.807, 2.05) is 30.3 Å². The monoisotopic (exact) mass is 471 g/mol. The van der Waals surface area contributed by atoms with Gasteiger partial charge in [-0.05, 0) is 42.8 Å². The first-order valence-electron chi connectivity index (χ1n) is 10.0. The summed E-state index contributed by atoms with van der Waals surface area (Å²) in [4.78, 5) is 16.9. The summed E-state index contributed by atoms with van der Waals surface area (Å²) in [5, 5.41) is 8.12. The minimum absolute atomic E-state index is 0.284. The summed E-state index contributed by atoms with van der Waals surface area (Å²) < 4.78 is 39.6. The summed E-state index contributed by atoms with van der Waals surface area (Å²) in [5.41, 5.74) is 8.76. The van der Waals surface area contributed by atoms with Crippen molar-refractivity contribution in [1.82, 2.24) is 14.6 Å². The Bertz CT molecular complexity index is 1300. The van der Waals surface area contributed by atoms with Crippen molar-refractivity contribution < 1.29 is 18.0 Å². The summed E-state index contributed by atoms with van der Waals surface area (Å²) in [6, 6.07) is 16.4. The zero-order chi connectivity index (χ0) is 23.6. The van der Waals surface area contributed by atoms with Crippen LogP contribution in [0.3, 0.4) is 0 Å². The number of carbonyl (C=O) groups excluding carboxylic acids is 1. The van der Waals surface area contributed by atoms with E-state index < -0.39 is 18.5 Å². The molecule has 4 aromatic rings. The fourth-order valence-electron chi connectivity index (χ4n) is 3.37. The zero-order valence-corrected chi connectivity index (χ0v) is 18.4. The van der Waals surface area contributed by atoms with Gasteiger partial charge in [0, 0.05) is 22.6 Å². The molecule has 33 heavy (non-hydrogen) atoms. The van der Waals surface area contributed by atoms with Crippen molar-refractivity contribution in [2.24, 2.45) is 5.73 Å². The fourth-order valence-corrected chi connectivity index (χ4v) is 4.20. The Hall–Kier alpha value is -3.53. The smallest absolute Gasteiger partial charge is 0.382 e. The molecule has 0 atom stereocenters. The van der Waals surface area contributed by atoms with Crippen molar-refractivity contribution in [3.63, 3.8) is 0 Å². The van der Waals surface area contributed by atoms with Gasteiger partial charge in [0.2, 0.25) is 5.91 Å². The molecule has 0 aliphatic carbocycles. The normalized spacial score (nSPS) is 11.6. The van der Waals surface area contributed by atoms with Gasteiger partial charge >= 0.3 is 6.18 Å². The molecule has 0 bridgehead atoms. The number of primary amides is 1. The highest BCUT2D eigenvalue weighted by Crippen LogP contribution is 2.32. The van der Waals surface area contributed by atoms with E-state index in [2.05, 4.69) is 15.4 Å². The Morgan fingerprint density at radius 1 is 1.15 bits per heavy atom. The molecule has 2 aromatic heterocycles. The molecule has 0 aliphatic rings. The van der Waals surface area contributed by atoms with Crippen molar-refractivity contribution in [2.45, 2.75) is 29.4 Å². The third-order valence-corrected chi connectivity index (χ3v) is 5.84. The van der Waals surface area contributed by atoms with E-state index in [4.69, 9.17) is 5.73 Å². The highest BCUT2D eigenvalue weighted by atomic mass is 32.2. The van der Waals surface area contributed by atoms with Crippen LogP contribution >= 0.6 is 11.8 Å². The minimum atomic E-state index is -4.27. The molecule has 0 fully saturated rings. The first-order chi connectivity index (χ1) is 15.7. The van der Waals surface area contributed by atoms with Crippen LogP contribution in [0.2, 0.25) is 0 Å². The number of carbonyl (C=O) groups is 1. The van der Waals surface area contributed by atoms with Crippen molar-refractivity contribution >= 4 is 29.0 Å². The Balaban J connectivity index is 1.77. The SMILES string of the molecule is Cc1cc(-c2cnc3c(NCCC(F)(F)F)cc(Sc4ccccc4)nn23)ccc1C(N)=O. The molecule has 0 unspecified atom stereocenters. The summed E-state index contributed by atoms with van der Waals surface area (Å²) in [6.45, 7) is 1.49. The first-order valence-corrected chi connectivity index (χ1v) is 10.9. The largest absolute Gasteiger partial charge is 0.390 e. The van der Waals surface area contributed by atoms with Gasteiger partial charge in [-0.15, -0.1) is 0 Å². The summed E-state index contributed by atoms with van der Waals surface area (Å²) in [7, 11) is 0. The van der Waals surface area contributed by atoms with Crippen molar-refractivity contribution in [1.29, 1.82) is 0 Å². The predicted molar refractivity (Wildman–Crippen MR) is 121 cm³/mol. The van der Waals surface area contributed by atoms with E-state index in [9.17, 15) is 18.0 Å². The molecule has 0 aliphatic heterocycles. The second kappa shape index (κ2) is 9.14. The summed E-state index contributed by atoms with van der Waals surface area (Å²) in [6.07, 6.45) is -3.63. The van der Waals surface area contributed by atoms with E-state index in [1.165, 1.54) is 11.8 Å². The molecule has 1 amide bonds. The molecule has 170 valence electrons. The Labute approximate surface area is 192 Å². The van der Waals surface area contributed by atoms with Gasteiger partial charge in [-0.25, -0.2) is 9.50 Å². The zero-order valence-electron chi connectivity index (χ0n) is 17.6.